The fourth-order valence-corrected chi connectivity index (χ4v) is 3.57. The van der Waals surface area contributed by atoms with E-state index in [4.69, 9.17) is 0 Å². The van der Waals surface area contributed by atoms with E-state index < -0.39 is 6.04 Å². The quantitative estimate of drug-likeness (QED) is 0.568. The van der Waals surface area contributed by atoms with Gasteiger partial charge in [0.15, 0.2) is 0 Å². The molecule has 0 bridgehead atoms. The van der Waals surface area contributed by atoms with Gasteiger partial charge in [-0.25, -0.2) is 0 Å². The number of carbonyl (C=O) groups excluding carboxylic acids is 2. The molecule has 0 spiro atoms. The van der Waals surface area contributed by atoms with Gasteiger partial charge in [0.2, 0.25) is 11.8 Å². The van der Waals surface area contributed by atoms with Crippen LogP contribution in [0.2, 0.25) is 0 Å². The first-order chi connectivity index (χ1) is 14.0. The molecule has 0 saturated heterocycles. The van der Waals surface area contributed by atoms with Crippen LogP contribution in [0.25, 0.3) is 10.8 Å². The Balaban J connectivity index is 1.58. The van der Waals surface area contributed by atoms with Gasteiger partial charge in [-0.15, -0.1) is 11.8 Å². The molecule has 6 heteroatoms. The Morgan fingerprint density at radius 2 is 1.66 bits per heavy atom. The normalized spacial score (nSPS) is 12.0. The average Bonchev–Trinajstić information content (AvgIpc) is 2.73. The van der Waals surface area contributed by atoms with Crippen molar-refractivity contribution in [1.29, 1.82) is 0 Å². The summed E-state index contributed by atoms with van der Waals surface area (Å²) in [4.78, 5) is 27.8. The van der Waals surface area contributed by atoms with Crippen LogP contribution in [0.1, 0.15) is 6.92 Å². The molecule has 1 unspecified atom stereocenters. The molecule has 2 N–H and O–H groups in total. The van der Waals surface area contributed by atoms with Crippen molar-refractivity contribution >= 4 is 45.7 Å². The number of nitrogens with one attached hydrogen (secondary N) is 2. The van der Waals surface area contributed by atoms with E-state index in [0.29, 0.717) is 0 Å². The highest BCUT2D eigenvalue weighted by Gasteiger charge is 2.20. The summed E-state index contributed by atoms with van der Waals surface area (Å²) in [7, 11) is 1.77. The van der Waals surface area contributed by atoms with Gasteiger partial charge in [-0.2, -0.15) is 0 Å². The lowest BCUT2D eigenvalue weighted by molar-refractivity contribution is -0.122. The van der Waals surface area contributed by atoms with Crippen molar-refractivity contribution < 1.29 is 9.59 Å². The minimum atomic E-state index is -0.456. The van der Waals surface area contributed by atoms with E-state index in [2.05, 4.69) is 10.6 Å². The number of rotatable bonds is 7. The van der Waals surface area contributed by atoms with Crippen molar-refractivity contribution in [2.75, 3.05) is 30.5 Å². The minimum absolute atomic E-state index is 0.120. The molecule has 0 heterocycles. The van der Waals surface area contributed by atoms with Gasteiger partial charge in [-0.1, -0.05) is 42.5 Å². The van der Waals surface area contributed by atoms with Crippen molar-refractivity contribution in [3.05, 3.63) is 66.7 Å². The monoisotopic (exact) mass is 407 g/mol. The van der Waals surface area contributed by atoms with Crippen molar-refractivity contribution in [1.82, 2.24) is 4.90 Å². The number of anilines is 2. The van der Waals surface area contributed by atoms with Gasteiger partial charge in [0.05, 0.1) is 18.3 Å². The van der Waals surface area contributed by atoms with Gasteiger partial charge >= 0.3 is 0 Å². The highest BCUT2D eigenvalue weighted by atomic mass is 32.2. The molecular weight excluding hydrogens is 382 g/mol. The van der Waals surface area contributed by atoms with Crippen LogP contribution in [0.5, 0.6) is 0 Å². The minimum Gasteiger partial charge on any atom is -0.325 e. The average molecular weight is 408 g/mol. The van der Waals surface area contributed by atoms with Crippen LogP contribution in [-0.4, -0.2) is 42.6 Å². The Morgan fingerprint density at radius 3 is 2.41 bits per heavy atom. The highest BCUT2D eigenvalue weighted by Crippen LogP contribution is 2.24. The molecule has 0 aliphatic heterocycles. The lowest BCUT2D eigenvalue weighted by Gasteiger charge is -2.23. The first-order valence-corrected chi connectivity index (χ1v) is 10.6. The Hall–Kier alpha value is -2.83. The second-order valence-corrected chi connectivity index (χ2v) is 7.74. The largest absolute Gasteiger partial charge is 0.325 e. The number of carbonyl (C=O) groups is 2. The zero-order chi connectivity index (χ0) is 20.8. The molecule has 0 fully saturated rings. The fraction of sp³-hybridized carbons (Fsp3) is 0.217. The van der Waals surface area contributed by atoms with Gasteiger partial charge in [-0.05, 0) is 55.3 Å². The standard InChI is InChI=1S/C23H25N3O2S/c1-16(23(28)24-19-13-12-17-8-4-5-9-18(17)14-19)26(2)15-22(27)25-20-10-6-7-11-21(20)29-3/h4-14,16H,15H2,1-3H3,(H,24,28)(H,25,27). The molecule has 29 heavy (non-hydrogen) atoms. The third-order valence-electron chi connectivity index (χ3n) is 4.83. The van der Waals surface area contributed by atoms with E-state index in [1.807, 2.05) is 73.0 Å². The Morgan fingerprint density at radius 1 is 0.966 bits per heavy atom. The van der Waals surface area contributed by atoms with Crippen LogP contribution < -0.4 is 10.6 Å². The van der Waals surface area contributed by atoms with Crippen LogP contribution in [-0.2, 0) is 9.59 Å². The molecule has 3 aromatic carbocycles. The van der Waals surface area contributed by atoms with E-state index >= 15 is 0 Å². The number of benzene rings is 3. The summed E-state index contributed by atoms with van der Waals surface area (Å²) in [5.74, 6) is -0.306. The van der Waals surface area contributed by atoms with E-state index in [9.17, 15) is 9.59 Å². The highest BCUT2D eigenvalue weighted by molar-refractivity contribution is 7.98. The summed E-state index contributed by atoms with van der Waals surface area (Å²) >= 11 is 1.58. The summed E-state index contributed by atoms with van der Waals surface area (Å²) in [6, 6.07) is 21.0. The molecule has 2 amide bonds. The summed E-state index contributed by atoms with van der Waals surface area (Å²) in [5.41, 5.74) is 1.53. The van der Waals surface area contributed by atoms with Crippen LogP contribution in [0, 0.1) is 0 Å². The summed E-state index contributed by atoms with van der Waals surface area (Å²) < 4.78 is 0. The predicted molar refractivity (Wildman–Crippen MR) is 122 cm³/mol. The number of nitrogens with zero attached hydrogens (tertiary/aromatic N) is 1. The third-order valence-corrected chi connectivity index (χ3v) is 5.63. The Bertz CT molecular complexity index is 1020. The zero-order valence-electron chi connectivity index (χ0n) is 16.8. The van der Waals surface area contributed by atoms with E-state index in [-0.39, 0.29) is 18.4 Å². The van der Waals surface area contributed by atoms with Gasteiger partial charge in [0, 0.05) is 10.6 Å². The molecular formula is C23H25N3O2S. The molecule has 0 radical (unpaired) electrons. The molecule has 3 aromatic rings. The molecule has 1 atom stereocenters. The van der Waals surface area contributed by atoms with Gasteiger partial charge in [0.25, 0.3) is 0 Å². The number of likely N-dealkylation sites (N-methyl/N-ethyl adjacent to an activating group) is 1. The van der Waals surface area contributed by atoms with Crippen LogP contribution in [0.3, 0.4) is 0 Å². The number of hydrogen-bond acceptors (Lipinski definition) is 4. The third kappa shape index (κ3) is 5.37. The topological polar surface area (TPSA) is 61.4 Å². The molecule has 0 aliphatic carbocycles. The van der Waals surface area contributed by atoms with Crippen LogP contribution in [0.4, 0.5) is 11.4 Å². The summed E-state index contributed by atoms with van der Waals surface area (Å²) in [6.07, 6.45) is 1.97. The Labute approximate surface area is 175 Å². The number of para-hydroxylation sites is 1. The lowest BCUT2D eigenvalue weighted by atomic mass is 10.1. The Kier molecular flexibility index (Phi) is 6.90. The SMILES string of the molecule is CSc1ccccc1NC(=O)CN(C)C(C)C(=O)Nc1ccc2ccccc2c1. The van der Waals surface area contributed by atoms with E-state index in [1.54, 1.807) is 30.6 Å². The lowest BCUT2D eigenvalue weighted by Crippen LogP contribution is -2.43. The van der Waals surface area contributed by atoms with Crippen molar-refractivity contribution in [3.8, 4) is 0 Å². The zero-order valence-corrected chi connectivity index (χ0v) is 17.6. The second-order valence-electron chi connectivity index (χ2n) is 6.89. The van der Waals surface area contributed by atoms with Gasteiger partial charge < -0.3 is 10.6 Å². The molecule has 3 rings (SSSR count). The number of hydrogen-bond donors (Lipinski definition) is 2. The number of amides is 2. The molecule has 0 saturated carbocycles. The second kappa shape index (κ2) is 9.58. The predicted octanol–water partition coefficient (Wildman–Crippen LogP) is 4.46. The molecule has 5 nitrogen and oxygen atoms in total. The molecule has 0 aromatic heterocycles. The van der Waals surface area contributed by atoms with E-state index in [0.717, 1.165) is 27.0 Å². The van der Waals surface area contributed by atoms with Gasteiger partial charge in [0.1, 0.15) is 0 Å². The van der Waals surface area contributed by atoms with Crippen LogP contribution >= 0.6 is 11.8 Å². The number of thioether (sulfide) groups is 1. The maximum Gasteiger partial charge on any atom is 0.241 e. The fourth-order valence-electron chi connectivity index (χ4n) is 3.02. The van der Waals surface area contributed by atoms with E-state index in [1.165, 1.54) is 0 Å². The molecule has 150 valence electrons. The van der Waals surface area contributed by atoms with Crippen LogP contribution in [0.15, 0.2) is 71.6 Å². The molecule has 0 aliphatic rings. The van der Waals surface area contributed by atoms with Crippen molar-refractivity contribution in [3.63, 3.8) is 0 Å². The smallest absolute Gasteiger partial charge is 0.241 e. The van der Waals surface area contributed by atoms with Crippen molar-refractivity contribution in [2.24, 2.45) is 0 Å². The first-order valence-electron chi connectivity index (χ1n) is 9.40. The summed E-state index contributed by atoms with van der Waals surface area (Å²) in [5, 5.41) is 8.05. The number of fused-ring (bicyclic) bond motifs is 1. The summed E-state index contributed by atoms with van der Waals surface area (Å²) in [6.45, 7) is 1.91. The first kappa shape index (κ1) is 20.9. The van der Waals surface area contributed by atoms with Gasteiger partial charge in [-0.3, -0.25) is 14.5 Å². The maximum atomic E-state index is 12.6. The maximum absolute atomic E-state index is 12.6. The van der Waals surface area contributed by atoms with Crippen molar-refractivity contribution in [2.45, 2.75) is 17.9 Å².